The Morgan fingerprint density at radius 2 is 2.14 bits per heavy atom. The molecule has 0 amide bonds. The fourth-order valence-electron chi connectivity index (χ4n) is 3.62. The van der Waals surface area contributed by atoms with E-state index in [1.165, 1.54) is 24.1 Å². The number of hydrogen-bond donors (Lipinski definition) is 2. The van der Waals surface area contributed by atoms with Crippen LogP contribution in [0.3, 0.4) is 0 Å². The van der Waals surface area contributed by atoms with E-state index < -0.39 is 6.10 Å². The van der Waals surface area contributed by atoms with Crippen LogP contribution in [-0.2, 0) is 5.41 Å². The van der Waals surface area contributed by atoms with E-state index in [1.807, 2.05) is 0 Å². The molecule has 1 aromatic heterocycles. The molecule has 3 atom stereocenters. The number of hydrogen-bond acceptors (Lipinski definition) is 3. The third-order valence-electron chi connectivity index (χ3n) is 5.18. The molecule has 3 unspecified atom stereocenters. The summed E-state index contributed by atoms with van der Waals surface area (Å²) < 4.78 is 0. The van der Waals surface area contributed by atoms with Gasteiger partial charge in [-0.3, -0.25) is 0 Å². The van der Waals surface area contributed by atoms with Crippen LogP contribution in [0.2, 0.25) is 0 Å². The standard InChI is InChI=1S/C18H31NOS/c1-5-13-7-6-10-18(11-13,12-19)16(20)14-8-9-15(21-14)17(2,3)4/h8-9,13,16,20H,5-7,10-12,19H2,1-4H3. The molecule has 3 N–H and O–H groups in total. The lowest BCUT2D eigenvalue weighted by Gasteiger charge is -2.43. The number of nitrogens with two attached hydrogens (primary N) is 1. The second-order valence-corrected chi connectivity index (χ2v) is 8.91. The van der Waals surface area contributed by atoms with Crippen LogP contribution < -0.4 is 5.73 Å². The molecule has 1 saturated carbocycles. The summed E-state index contributed by atoms with van der Waals surface area (Å²) in [4.78, 5) is 2.44. The minimum absolute atomic E-state index is 0.112. The first-order chi connectivity index (χ1) is 9.82. The third-order valence-corrected chi connectivity index (χ3v) is 6.75. The van der Waals surface area contributed by atoms with Crippen molar-refractivity contribution in [1.29, 1.82) is 0 Å². The minimum atomic E-state index is -0.405. The van der Waals surface area contributed by atoms with E-state index in [4.69, 9.17) is 5.73 Å². The molecule has 1 heterocycles. The van der Waals surface area contributed by atoms with Gasteiger partial charge < -0.3 is 10.8 Å². The zero-order chi connectivity index (χ0) is 15.7. The molecule has 3 heteroatoms. The van der Waals surface area contributed by atoms with Gasteiger partial charge in [0, 0.05) is 21.7 Å². The highest BCUT2D eigenvalue weighted by molar-refractivity contribution is 7.12. The first-order valence-electron chi connectivity index (χ1n) is 8.31. The van der Waals surface area contributed by atoms with Gasteiger partial charge in [-0.1, -0.05) is 47.0 Å². The number of rotatable bonds is 4. The lowest BCUT2D eigenvalue weighted by atomic mass is 9.65. The summed E-state index contributed by atoms with van der Waals surface area (Å²) in [6.45, 7) is 9.52. The molecular formula is C18H31NOS. The quantitative estimate of drug-likeness (QED) is 0.852. The lowest BCUT2D eigenvalue weighted by molar-refractivity contribution is -0.0140. The van der Waals surface area contributed by atoms with Gasteiger partial charge in [0.25, 0.3) is 0 Å². The van der Waals surface area contributed by atoms with Gasteiger partial charge in [0.1, 0.15) is 0 Å². The summed E-state index contributed by atoms with van der Waals surface area (Å²) in [5.74, 6) is 0.721. The van der Waals surface area contributed by atoms with Crippen molar-refractivity contribution in [3.63, 3.8) is 0 Å². The normalized spacial score (nSPS) is 28.6. The van der Waals surface area contributed by atoms with E-state index in [0.29, 0.717) is 6.54 Å². The van der Waals surface area contributed by atoms with Gasteiger partial charge in [-0.25, -0.2) is 0 Å². The molecule has 0 aromatic carbocycles. The molecule has 1 aliphatic rings. The zero-order valence-corrected chi connectivity index (χ0v) is 14.8. The van der Waals surface area contributed by atoms with Crippen LogP contribution >= 0.6 is 11.3 Å². The SMILES string of the molecule is CCC1CCCC(CN)(C(O)c2ccc(C(C)(C)C)s2)C1. The van der Waals surface area contributed by atoms with E-state index in [0.717, 1.165) is 23.6 Å². The molecule has 21 heavy (non-hydrogen) atoms. The minimum Gasteiger partial charge on any atom is -0.387 e. The summed E-state index contributed by atoms with van der Waals surface area (Å²) in [7, 11) is 0. The highest BCUT2D eigenvalue weighted by Gasteiger charge is 2.42. The molecule has 0 spiro atoms. The van der Waals surface area contributed by atoms with Crippen LogP contribution in [0.1, 0.15) is 75.7 Å². The Morgan fingerprint density at radius 1 is 1.43 bits per heavy atom. The Kier molecular flexibility index (Phi) is 5.17. The van der Waals surface area contributed by atoms with Gasteiger partial charge >= 0.3 is 0 Å². The summed E-state index contributed by atoms with van der Waals surface area (Å²) in [5.41, 5.74) is 6.17. The molecular weight excluding hydrogens is 278 g/mol. The van der Waals surface area contributed by atoms with Crippen molar-refractivity contribution >= 4 is 11.3 Å². The molecule has 120 valence electrons. The predicted octanol–water partition coefficient (Wildman–Crippen LogP) is 4.62. The van der Waals surface area contributed by atoms with Crippen molar-refractivity contribution in [2.24, 2.45) is 17.1 Å². The summed E-state index contributed by atoms with van der Waals surface area (Å²) in [5, 5.41) is 11.0. The van der Waals surface area contributed by atoms with Crippen molar-refractivity contribution in [3.05, 3.63) is 21.9 Å². The zero-order valence-electron chi connectivity index (χ0n) is 14.0. The molecule has 2 nitrogen and oxygen atoms in total. The van der Waals surface area contributed by atoms with Gasteiger partial charge in [-0.05, 0) is 36.3 Å². The maximum atomic E-state index is 11.0. The molecule has 0 bridgehead atoms. The summed E-state index contributed by atoms with van der Waals surface area (Å²) in [6.07, 6.45) is 5.42. The lowest BCUT2D eigenvalue weighted by Crippen LogP contribution is -2.40. The van der Waals surface area contributed by atoms with Crippen molar-refractivity contribution in [3.8, 4) is 0 Å². The number of aliphatic hydroxyl groups excluding tert-OH is 1. The van der Waals surface area contributed by atoms with Gasteiger partial charge in [0.2, 0.25) is 0 Å². The molecule has 1 aliphatic carbocycles. The van der Waals surface area contributed by atoms with E-state index in [2.05, 4.69) is 39.8 Å². The molecule has 2 rings (SSSR count). The number of thiophene rings is 1. The molecule has 0 aliphatic heterocycles. The first-order valence-corrected chi connectivity index (χ1v) is 9.12. The maximum absolute atomic E-state index is 11.0. The third kappa shape index (κ3) is 3.52. The van der Waals surface area contributed by atoms with Gasteiger partial charge in [0.15, 0.2) is 0 Å². The van der Waals surface area contributed by atoms with Gasteiger partial charge in [0.05, 0.1) is 6.10 Å². The molecule has 0 saturated heterocycles. The van der Waals surface area contributed by atoms with Crippen molar-refractivity contribution in [1.82, 2.24) is 0 Å². The number of aliphatic hydroxyl groups is 1. The first kappa shape index (κ1) is 17.0. The van der Waals surface area contributed by atoms with Crippen LogP contribution in [-0.4, -0.2) is 11.7 Å². The Hall–Kier alpha value is -0.380. The van der Waals surface area contributed by atoms with Crippen molar-refractivity contribution in [2.45, 2.75) is 71.3 Å². The summed E-state index contributed by atoms with van der Waals surface area (Å²) in [6, 6.07) is 4.29. The van der Waals surface area contributed by atoms with Crippen molar-refractivity contribution in [2.75, 3.05) is 6.54 Å². The van der Waals surface area contributed by atoms with E-state index in [9.17, 15) is 5.11 Å². The van der Waals surface area contributed by atoms with E-state index >= 15 is 0 Å². The molecule has 1 aromatic rings. The van der Waals surface area contributed by atoms with Gasteiger partial charge in [-0.2, -0.15) is 0 Å². The Morgan fingerprint density at radius 3 is 2.67 bits per heavy atom. The van der Waals surface area contributed by atoms with Crippen LogP contribution in [0.15, 0.2) is 12.1 Å². The van der Waals surface area contributed by atoms with Crippen LogP contribution in [0, 0.1) is 11.3 Å². The molecule has 0 radical (unpaired) electrons. The monoisotopic (exact) mass is 309 g/mol. The average Bonchev–Trinajstić information content (AvgIpc) is 2.96. The Bertz CT molecular complexity index is 462. The van der Waals surface area contributed by atoms with Crippen LogP contribution in [0.25, 0.3) is 0 Å². The topological polar surface area (TPSA) is 46.2 Å². The largest absolute Gasteiger partial charge is 0.387 e. The summed E-state index contributed by atoms with van der Waals surface area (Å²) >= 11 is 1.76. The highest BCUT2D eigenvalue weighted by atomic mass is 32.1. The highest BCUT2D eigenvalue weighted by Crippen LogP contribution is 2.49. The van der Waals surface area contributed by atoms with Crippen LogP contribution in [0.5, 0.6) is 0 Å². The van der Waals surface area contributed by atoms with E-state index in [1.54, 1.807) is 11.3 Å². The predicted molar refractivity (Wildman–Crippen MR) is 91.7 cm³/mol. The average molecular weight is 310 g/mol. The fourth-order valence-corrected chi connectivity index (χ4v) is 4.81. The smallest absolute Gasteiger partial charge is 0.0950 e. The van der Waals surface area contributed by atoms with Crippen molar-refractivity contribution < 1.29 is 5.11 Å². The second kappa shape index (κ2) is 6.39. The Labute approximate surface area is 133 Å². The maximum Gasteiger partial charge on any atom is 0.0950 e. The Balaban J connectivity index is 2.23. The van der Waals surface area contributed by atoms with Crippen LogP contribution in [0.4, 0.5) is 0 Å². The van der Waals surface area contributed by atoms with Gasteiger partial charge in [-0.15, -0.1) is 11.3 Å². The second-order valence-electron chi connectivity index (χ2n) is 7.79. The fraction of sp³-hybridized carbons (Fsp3) is 0.778. The molecule has 1 fully saturated rings. The van der Waals surface area contributed by atoms with E-state index in [-0.39, 0.29) is 10.8 Å².